The summed E-state index contributed by atoms with van der Waals surface area (Å²) in [5, 5.41) is -0.516. The highest BCUT2D eigenvalue weighted by molar-refractivity contribution is 7.92. The Hall–Kier alpha value is -0.910. The first-order valence-electron chi connectivity index (χ1n) is 4.78. The SMILES string of the molecule is NCC1(N)CC1S(=O)(=O)c1ccccc1. The zero-order valence-electron chi connectivity index (χ0n) is 8.26. The third kappa shape index (κ3) is 1.67. The minimum atomic E-state index is -3.29. The highest BCUT2D eigenvalue weighted by Gasteiger charge is 2.58. The summed E-state index contributed by atoms with van der Waals surface area (Å²) in [5.74, 6) is 0. The third-order valence-corrected chi connectivity index (χ3v) is 5.19. The highest BCUT2D eigenvalue weighted by atomic mass is 32.2. The van der Waals surface area contributed by atoms with Crippen molar-refractivity contribution in [1.82, 2.24) is 0 Å². The van der Waals surface area contributed by atoms with Gasteiger partial charge < -0.3 is 11.5 Å². The number of hydrogen-bond acceptors (Lipinski definition) is 4. The van der Waals surface area contributed by atoms with Gasteiger partial charge in [-0.1, -0.05) is 18.2 Å². The molecule has 2 unspecified atom stereocenters. The van der Waals surface area contributed by atoms with Gasteiger partial charge in [-0.15, -0.1) is 0 Å². The maximum Gasteiger partial charge on any atom is 0.183 e. The minimum absolute atomic E-state index is 0.212. The predicted octanol–water partition coefficient (Wildman–Crippen LogP) is -0.111. The van der Waals surface area contributed by atoms with Gasteiger partial charge in [0.25, 0.3) is 0 Å². The lowest BCUT2D eigenvalue weighted by molar-refractivity contribution is 0.586. The van der Waals surface area contributed by atoms with Gasteiger partial charge in [0.05, 0.1) is 10.1 Å². The molecule has 0 heterocycles. The second kappa shape index (κ2) is 3.30. The quantitative estimate of drug-likeness (QED) is 0.753. The van der Waals surface area contributed by atoms with Gasteiger partial charge >= 0.3 is 0 Å². The molecule has 2 rings (SSSR count). The Bertz CT molecular complexity index is 458. The van der Waals surface area contributed by atoms with E-state index < -0.39 is 20.6 Å². The molecule has 0 bridgehead atoms. The second-order valence-corrected chi connectivity index (χ2v) is 6.12. The Morgan fingerprint density at radius 2 is 1.93 bits per heavy atom. The molecule has 0 radical (unpaired) electrons. The summed E-state index contributed by atoms with van der Waals surface area (Å²) in [6.45, 7) is 0.212. The molecule has 1 saturated carbocycles. The number of nitrogens with two attached hydrogens (primary N) is 2. The first kappa shape index (κ1) is 10.6. The van der Waals surface area contributed by atoms with Crippen LogP contribution in [0, 0.1) is 0 Å². The normalized spacial score (nSPS) is 30.1. The Balaban J connectivity index is 2.32. The molecule has 4 N–H and O–H groups in total. The molecule has 1 aromatic carbocycles. The van der Waals surface area contributed by atoms with Gasteiger partial charge in [-0.2, -0.15) is 0 Å². The van der Waals surface area contributed by atoms with E-state index in [9.17, 15) is 8.42 Å². The zero-order chi connectivity index (χ0) is 11.1. The number of benzene rings is 1. The summed E-state index contributed by atoms with van der Waals surface area (Å²) >= 11 is 0. The third-order valence-electron chi connectivity index (χ3n) is 2.87. The van der Waals surface area contributed by atoms with Gasteiger partial charge in [-0.3, -0.25) is 0 Å². The van der Waals surface area contributed by atoms with Gasteiger partial charge in [0.2, 0.25) is 0 Å². The van der Waals surface area contributed by atoms with E-state index in [4.69, 9.17) is 11.5 Å². The molecule has 0 amide bonds. The molecule has 82 valence electrons. The molecule has 1 aliphatic rings. The fraction of sp³-hybridized carbons (Fsp3) is 0.400. The van der Waals surface area contributed by atoms with Crippen LogP contribution < -0.4 is 11.5 Å². The Kier molecular flexibility index (Phi) is 2.33. The predicted molar refractivity (Wildman–Crippen MR) is 58.0 cm³/mol. The van der Waals surface area contributed by atoms with Crippen LogP contribution >= 0.6 is 0 Å². The van der Waals surface area contributed by atoms with Gasteiger partial charge in [-0.25, -0.2) is 8.42 Å². The van der Waals surface area contributed by atoms with Crippen molar-refractivity contribution in [3.63, 3.8) is 0 Å². The summed E-state index contributed by atoms with van der Waals surface area (Å²) in [4.78, 5) is 0.329. The van der Waals surface area contributed by atoms with Gasteiger partial charge in [0.1, 0.15) is 0 Å². The molecule has 1 aliphatic carbocycles. The molecule has 0 aromatic heterocycles. The van der Waals surface area contributed by atoms with Crippen LogP contribution in [-0.4, -0.2) is 25.8 Å². The van der Waals surface area contributed by atoms with Crippen LogP contribution in [0.15, 0.2) is 35.2 Å². The smallest absolute Gasteiger partial charge is 0.183 e. The number of hydrogen-bond donors (Lipinski definition) is 2. The fourth-order valence-electron chi connectivity index (χ4n) is 1.69. The van der Waals surface area contributed by atoms with Crippen LogP contribution in [0.2, 0.25) is 0 Å². The maximum atomic E-state index is 12.0. The second-order valence-electron chi connectivity index (χ2n) is 3.99. The first-order valence-corrected chi connectivity index (χ1v) is 6.33. The molecule has 2 atom stereocenters. The van der Waals surface area contributed by atoms with E-state index in [2.05, 4.69) is 0 Å². The van der Waals surface area contributed by atoms with Crippen molar-refractivity contribution < 1.29 is 8.42 Å². The van der Waals surface area contributed by atoms with E-state index in [1.165, 1.54) is 0 Å². The lowest BCUT2D eigenvalue weighted by Crippen LogP contribution is -2.38. The van der Waals surface area contributed by atoms with Crippen molar-refractivity contribution >= 4 is 9.84 Å². The van der Waals surface area contributed by atoms with Crippen LogP contribution in [0.4, 0.5) is 0 Å². The van der Waals surface area contributed by atoms with Crippen molar-refractivity contribution in [2.24, 2.45) is 11.5 Å². The zero-order valence-corrected chi connectivity index (χ0v) is 9.07. The van der Waals surface area contributed by atoms with Gasteiger partial charge in [-0.05, 0) is 18.6 Å². The Morgan fingerprint density at radius 3 is 2.40 bits per heavy atom. The Labute approximate surface area is 89.2 Å². The van der Waals surface area contributed by atoms with Crippen LogP contribution in [0.3, 0.4) is 0 Å². The first-order chi connectivity index (χ1) is 7.00. The summed E-state index contributed by atoms with van der Waals surface area (Å²) in [7, 11) is -3.29. The molecule has 15 heavy (non-hydrogen) atoms. The van der Waals surface area contributed by atoms with Crippen molar-refractivity contribution in [2.45, 2.75) is 22.1 Å². The molecule has 1 aromatic rings. The maximum absolute atomic E-state index is 12.0. The standard InChI is InChI=1S/C10H14N2O2S/c11-7-10(12)6-9(10)15(13,14)8-4-2-1-3-5-8/h1-5,9H,6-7,11-12H2. The highest BCUT2D eigenvalue weighted by Crippen LogP contribution is 2.41. The fourth-order valence-corrected chi connectivity index (χ4v) is 3.80. The summed E-state index contributed by atoms with van der Waals surface area (Å²) in [6, 6.07) is 8.37. The lowest BCUT2D eigenvalue weighted by Gasteiger charge is -2.08. The average molecular weight is 226 g/mol. The van der Waals surface area contributed by atoms with Crippen LogP contribution in [-0.2, 0) is 9.84 Å². The molecule has 1 fully saturated rings. The summed E-state index contributed by atoms with van der Waals surface area (Å²) in [5.41, 5.74) is 10.5. The lowest BCUT2D eigenvalue weighted by atomic mass is 10.3. The Morgan fingerprint density at radius 1 is 1.33 bits per heavy atom. The van der Waals surface area contributed by atoms with E-state index in [0.717, 1.165) is 0 Å². The molecule has 5 heteroatoms. The van der Waals surface area contributed by atoms with Crippen molar-refractivity contribution in [3.8, 4) is 0 Å². The van der Waals surface area contributed by atoms with Crippen LogP contribution in [0.1, 0.15) is 6.42 Å². The van der Waals surface area contributed by atoms with Gasteiger partial charge in [0, 0.05) is 12.1 Å². The molecule has 0 aliphatic heterocycles. The average Bonchev–Trinajstić information content (AvgIpc) is 2.94. The van der Waals surface area contributed by atoms with E-state index in [-0.39, 0.29) is 6.54 Å². The largest absolute Gasteiger partial charge is 0.329 e. The number of rotatable bonds is 3. The van der Waals surface area contributed by atoms with E-state index >= 15 is 0 Å². The van der Waals surface area contributed by atoms with Crippen molar-refractivity contribution in [3.05, 3.63) is 30.3 Å². The van der Waals surface area contributed by atoms with Crippen molar-refractivity contribution in [1.29, 1.82) is 0 Å². The van der Waals surface area contributed by atoms with Gasteiger partial charge in [0.15, 0.2) is 9.84 Å². The molecular formula is C10H14N2O2S. The summed E-state index contributed by atoms with van der Waals surface area (Å²) in [6.07, 6.45) is 0.459. The minimum Gasteiger partial charge on any atom is -0.329 e. The van der Waals surface area contributed by atoms with Crippen molar-refractivity contribution in [2.75, 3.05) is 6.54 Å². The van der Waals surface area contributed by atoms with E-state index in [1.807, 2.05) is 0 Å². The molecule has 0 saturated heterocycles. The summed E-state index contributed by atoms with van der Waals surface area (Å²) < 4.78 is 24.1. The topological polar surface area (TPSA) is 86.2 Å². The van der Waals surface area contributed by atoms with Crippen LogP contribution in [0.5, 0.6) is 0 Å². The molecular weight excluding hydrogens is 212 g/mol. The molecule has 0 spiro atoms. The molecule has 4 nitrogen and oxygen atoms in total. The van der Waals surface area contributed by atoms with Crippen LogP contribution in [0.25, 0.3) is 0 Å². The monoisotopic (exact) mass is 226 g/mol. The number of sulfone groups is 1. The van der Waals surface area contributed by atoms with E-state index in [0.29, 0.717) is 11.3 Å². The van der Waals surface area contributed by atoms with E-state index in [1.54, 1.807) is 30.3 Å².